The smallest absolute Gasteiger partial charge is 0.223 e. The predicted molar refractivity (Wildman–Crippen MR) is 91.6 cm³/mol. The van der Waals surface area contributed by atoms with Crippen LogP contribution in [-0.2, 0) is 11.3 Å². The fourth-order valence-corrected chi connectivity index (χ4v) is 3.86. The summed E-state index contributed by atoms with van der Waals surface area (Å²) >= 11 is 1.46. The lowest BCUT2D eigenvalue weighted by Crippen LogP contribution is -2.44. The molecule has 2 aliphatic heterocycles. The van der Waals surface area contributed by atoms with Crippen LogP contribution in [-0.4, -0.2) is 37.1 Å². The van der Waals surface area contributed by atoms with Gasteiger partial charge in [0.2, 0.25) is 5.91 Å². The van der Waals surface area contributed by atoms with Crippen molar-refractivity contribution in [2.75, 3.05) is 41.4 Å². The highest BCUT2D eigenvalue weighted by Gasteiger charge is 2.28. The van der Waals surface area contributed by atoms with Crippen LogP contribution >= 0.6 is 11.3 Å². The Morgan fingerprint density at radius 3 is 3.17 bits per heavy atom. The third-order valence-electron chi connectivity index (χ3n) is 4.08. The number of carbonyl (C=O) groups excluding carboxylic acids is 1. The number of rotatable bonds is 3. The zero-order valence-corrected chi connectivity index (χ0v) is 13.7. The maximum atomic E-state index is 11.1. The lowest BCUT2D eigenvalue weighted by Gasteiger charge is -2.41. The molecule has 0 bridgehead atoms. The largest absolute Gasteiger partial charge is 0.489 e. The Labute approximate surface area is 138 Å². The Morgan fingerprint density at radius 2 is 2.30 bits per heavy atom. The molecule has 0 saturated carbocycles. The fourth-order valence-electron chi connectivity index (χ4n) is 3.11. The minimum atomic E-state index is -0.0891. The number of nitrogens with zero attached hydrogens (tertiary/aromatic N) is 3. The molecule has 0 atom stereocenters. The maximum absolute atomic E-state index is 11.1. The van der Waals surface area contributed by atoms with E-state index in [4.69, 9.17) is 4.74 Å². The molecule has 1 aromatic heterocycles. The summed E-state index contributed by atoms with van der Waals surface area (Å²) in [6, 6.07) is 6.22. The molecule has 0 aliphatic carbocycles. The van der Waals surface area contributed by atoms with Crippen LogP contribution in [0, 0.1) is 0 Å². The summed E-state index contributed by atoms with van der Waals surface area (Å²) in [5.74, 6) is 0.879. The first kappa shape index (κ1) is 14.3. The van der Waals surface area contributed by atoms with E-state index in [1.165, 1.54) is 29.6 Å². The lowest BCUT2D eigenvalue weighted by molar-refractivity contribution is -0.114. The molecule has 1 aromatic carbocycles. The van der Waals surface area contributed by atoms with E-state index in [1.54, 1.807) is 0 Å². The lowest BCUT2D eigenvalue weighted by atomic mass is 10.1. The summed E-state index contributed by atoms with van der Waals surface area (Å²) in [6.45, 7) is 5.89. The number of nitrogens with one attached hydrogen (secondary N) is 1. The van der Waals surface area contributed by atoms with Crippen molar-refractivity contribution in [3.05, 3.63) is 29.3 Å². The van der Waals surface area contributed by atoms with E-state index in [9.17, 15) is 4.79 Å². The zero-order valence-electron chi connectivity index (χ0n) is 12.9. The van der Waals surface area contributed by atoms with E-state index in [0.29, 0.717) is 5.13 Å². The van der Waals surface area contributed by atoms with Gasteiger partial charge < -0.3 is 19.9 Å². The van der Waals surface area contributed by atoms with Gasteiger partial charge in [-0.1, -0.05) is 6.07 Å². The first-order valence-electron chi connectivity index (χ1n) is 7.68. The van der Waals surface area contributed by atoms with E-state index in [-0.39, 0.29) is 5.91 Å². The Kier molecular flexibility index (Phi) is 3.57. The van der Waals surface area contributed by atoms with Gasteiger partial charge in [-0.25, -0.2) is 4.98 Å². The second-order valence-corrected chi connectivity index (χ2v) is 6.56. The number of hydrogen-bond donors (Lipinski definition) is 1. The van der Waals surface area contributed by atoms with Crippen molar-refractivity contribution in [2.24, 2.45) is 0 Å². The van der Waals surface area contributed by atoms with Crippen LogP contribution in [0.4, 0.5) is 16.5 Å². The normalized spacial score (nSPS) is 15.9. The monoisotopic (exact) mass is 330 g/mol. The summed E-state index contributed by atoms with van der Waals surface area (Å²) in [5.41, 5.74) is 3.37. The van der Waals surface area contributed by atoms with Crippen molar-refractivity contribution >= 4 is 33.8 Å². The van der Waals surface area contributed by atoms with Gasteiger partial charge >= 0.3 is 0 Å². The summed E-state index contributed by atoms with van der Waals surface area (Å²) in [7, 11) is 0. The van der Waals surface area contributed by atoms with Crippen molar-refractivity contribution < 1.29 is 9.53 Å². The Balaban J connectivity index is 1.58. The van der Waals surface area contributed by atoms with Gasteiger partial charge in [-0.3, -0.25) is 4.79 Å². The summed E-state index contributed by atoms with van der Waals surface area (Å²) in [6.07, 6.45) is 0. The number of hydrogen-bond acceptors (Lipinski definition) is 6. The van der Waals surface area contributed by atoms with Crippen LogP contribution in [0.1, 0.15) is 12.6 Å². The van der Waals surface area contributed by atoms with Crippen LogP contribution in [0.3, 0.4) is 0 Å². The quantitative estimate of drug-likeness (QED) is 0.936. The molecule has 0 radical (unpaired) electrons. The molecule has 0 saturated heterocycles. The number of para-hydroxylation sites is 1. The molecule has 2 aromatic rings. The molecule has 1 amide bonds. The number of amides is 1. The summed E-state index contributed by atoms with van der Waals surface area (Å²) in [4.78, 5) is 20.3. The van der Waals surface area contributed by atoms with Crippen molar-refractivity contribution in [3.63, 3.8) is 0 Å². The summed E-state index contributed by atoms with van der Waals surface area (Å²) < 4.78 is 5.79. The highest BCUT2D eigenvalue weighted by molar-refractivity contribution is 7.13. The topological polar surface area (TPSA) is 57.7 Å². The average Bonchev–Trinajstić information content (AvgIpc) is 2.97. The second kappa shape index (κ2) is 5.73. The van der Waals surface area contributed by atoms with E-state index in [0.717, 1.165) is 44.2 Å². The molecule has 0 unspecified atom stereocenters. The highest BCUT2D eigenvalue weighted by atomic mass is 32.1. The fraction of sp³-hybridized carbons (Fsp3) is 0.375. The number of ether oxygens (including phenoxy) is 1. The van der Waals surface area contributed by atoms with Gasteiger partial charge in [0.05, 0.1) is 24.5 Å². The van der Waals surface area contributed by atoms with Crippen LogP contribution in [0.25, 0.3) is 0 Å². The van der Waals surface area contributed by atoms with E-state index < -0.39 is 0 Å². The minimum absolute atomic E-state index is 0.0891. The van der Waals surface area contributed by atoms with Crippen LogP contribution in [0.5, 0.6) is 5.75 Å². The number of anilines is 3. The first-order valence-corrected chi connectivity index (χ1v) is 8.56. The van der Waals surface area contributed by atoms with Gasteiger partial charge in [-0.2, -0.15) is 0 Å². The summed E-state index contributed by atoms with van der Waals surface area (Å²) in [5, 5.41) is 5.40. The Hall–Kier alpha value is -2.28. The Bertz CT molecular complexity index is 745. The predicted octanol–water partition coefficient (Wildman–Crippen LogP) is 2.32. The number of thiazole rings is 1. The van der Waals surface area contributed by atoms with Gasteiger partial charge in [0, 0.05) is 25.4 Å². The van der Waals surface area contributed by atoms with Crippen LogP contribution in [0.2, 0.25) is 0 Å². The van der Waals surface area contributed by atoms with Gasteiger partial charge in [0.25, 0.3) is 0 Å². The van der Waals surface area contributed by atoms with E-state index in [1.807, 2.05) is 17.5 Å². The van der Waals surface area contributed by atoms with Crippen molar-refractivity contribution in [3.8, 4) is 5.75 Å². The van der Waals surface area contributed by atoms with Gasteiger partial charge in [0.1, 0.15) is 18.0 Å². The molecule has 0 fully saturated rings. The molecular weight excluding hydrogens is 312 g/mol. The third-order valence-corrected chi connectivity index (χ3v) is 4.89. The number of benzene rings is 1. The molecule has 4 rings (SSSR count). The maximum Gasteiger partial charge on any atom is 0.223 e. The third kappa shape index (κ3) is 2.72. The standard InChI is InChI=1S/C16H18N4O2S/c1-11(21)17-16-18-12(10-23-16)9-20-6-5-19-7-8-22-14-4-2-3-13(20)15(14)19/h2-4,10H,5-9H2,1H3,(H,17,18,21). The molecule has 120 valence electrons. The van der Waals surface area contributed by atoms with Crippen LogP contribution < -0.4 is 19.9 Å². The molecule has 3 heterocycles. The average molecular weight is 330 g/mol. The number of aromatic nitrogens is 1. The zero-order chi connectivity index (χ0) is 15.8. The van der Waals surface area contributed by atoms with Crippen molar-refractivity contribution in [1.82, 2.24) is 4.98 Å². The Morgan fingerprint density at radius 1 is 1.39 bits per heavy atom. The molecule has 1 N–H and O–H groups in total. The molecule has 23 heavy (non-hydrogen) atoms. The van der Waals surface area contributed by atoms with E-state index >= 15 is 0 Å². The molecular formula is C16H18N4O2S. The number of carbonyl (C=O) groups is 1. The molecule has 7 heteroatoms. The van der Waals surface area contributed by atoms with Gasteiger partial charge in [-0.05, 0) is 12.1 Å². The van der Waals surface area contributed by atoms with Crippen molar-refractivity contribution in [2.45, 2.75) is 13.5 Å². The van der Waals surface area contributed by atoms with E-state index in [2.05, 4.69) is 26.2 Å². The van der Waals surface area contributed by atoms with Crippen molar-refractivity contribution in [1.29, 1.82) is 0 Å². The highest BCUT2D eigenvalue weighted by Crippen LogP contribution is 2.43. The molecule has 0 spiro atoms. The minimum Gasteiger partial charge on any atom is -0.489 e. The first-order chi connectivity index (χ1) is 11.2. The van der Waals surface area contributed by atoms with Crippen LogP contribution in [0.15, 0.2) is 23.6 Å². The molecule has 6 nitrogen and oxygen atoms in total. The second-order valence-electron chi connectivity index (χ2n) is 5.71. The van der Waals surface area contributed by atoms with Gasteiger partial charge in [-0.15, -0.1) is 11.3 Å². The SMILES string of the molecule is CC(=O)Nc1nc(CN2CCN3CCOc4cccc2c43)cs1. The van der Waals surface area contributed by atoms with Gasteiger partial charge in [0.15, 0.2) is 5.13 Å². The molecule has 2 aliphatic rings.